The second-order valence-corrected chi connectivity index (χ2v) is 9.56. The maximum Gasteiger partial charge on any atom is 0.225 e. The number of methoxy groups -OCH3 is 1. The minimum absolute atomic E-state index is 0.213. The first-order valence-corrected chi connectivity index (χ1v) is 12.0. The molecule has 2 saturated carbocycles. The zero-order valence-electron chi connectivity index (χ0n) is 18.5. The molecular formula is C25H34N2O4. The lowest BCUT2D eigenvalue weighted by Gasteiger charge is -2.38. The van der Waals surface area contributed by atoms with Crippen molar-refractivity contribution < 1.29 is 19.1 Å². The smallest absolute Gasteiger partial charge is 0.225 e. The summed E-state index contributed by atoms with van der Waals surface area (Å²) in [5.41, 5.74) is 4.65. The number of nitrogens with zero attached hydrogens (tertiary/aromatic N) is 1. The molecule has 5 rings (SSSR count). The summed E-state index contributed by atoms with van der Waals surface area (Å²) in [4.78, 5) is 21.1. The number of likely N-dealkylation sites (tertiary alicyclic amines) is 1. The van der Waals surface area contributed by atoms with Gasteiger partial charge in [-0.15, -0.1) is 0 Å². The fourth-order valence-corrected chi connectivity index (χ4v) is 5.61. The van der Waals surface area contributed by atoms with Gasteiger partial charge >= 0.3 is 0 Å². The molecule has 0 radical (unpaired) electrons. The van der Waals surface area contributed by atoms with Crippen LogP contribution in [-0.4, -0.2) is 42.7 Å². The van der Waals surface area contributed by atoms with E-state index in [0.29, 0.717) is 12.5 Å². The predicted octanol–water partition coefficient (Wildman–Crippen LogP) is 4.44. The van der Waals surface area contributed by atoms with Crippen LogP contribution in [0.15, 0.2) is 24.3 Å². The van der Waals surface area contributed by atoms with Gasteiger partial charge in [-0.3, -0.25) is 15.1 Å². The van der Waals surface area contributed by atoms with Crippen LogP contribution >= 0.6 is 0 Å². The van der Waals surface area contributed by atoms with Gasteiger partial charge in [0.05, 0.1) is 25.5 Å². The van der Waals surface area contributed by atoms with Crippen LogP contribution in [0.1, 0.15) is 69.8 Å². The Hall–Kier alpha value is -2.21. The number of hydrogen-bond acceptors (Lipinski definition) is 5. The van der Waals surface area contributed by atoms with Crippen molar-refractivity contribution in [2.75, 3.05) is 20.2 Å². The molecule has 1 saturated heterocycles. The van der Waals surface area contributed by atoms with E-state index in [-0.39, 0.29) is 12.0 Å². The van der Waals surface area contributed by atoms with Gasteiger partial charge in [-0.05, 0) is 75.6 Å². The van der Waals surface area contributed by atoms with Gasteiger partial charge in [0.25, 0.3) is 0 Å². The first-order chi connectivity index (χ1) is 15.2. The Morgan fingerprint density at radius 3 is 2.65 bits per heavy atom. The largest absolute Gasteiger partial charge is 0.493 e. The van der Waals surface area contributed by atoms with E-state index >= 15 is 0 Å². The molecule has 2 aliphatic carbocycles. The monoisotopic (exact) mass is 426 g/mol. The molecule has 168 valence electrons. The summed E-state index contributed by atoms with van der Waals surface area (Å²) in [7, 11) is 1.68. The number of hydroxylamine groups is 1. The molecule has 1 aromatic carbocycles. The summed E-state index contributed by atoms with van der Waals surface area (Å²) in [6, 6.07) is 6.04. The van der Waals surface area contributed by atoms with Crippen molar-refractivity contribution in [2.24, 2.45) is 5.92 Å². The van der Waals surface area contributed by atoms with Crippen molar-refractivity contribution in [1.82, 2.24) is 10.4 Å². The van der Waals surface area contributed by atoms with E-state index < -0.39 is 5.60 Å². The molecular weight excluding hydrogens is 392 g/mol. The van der Waals surface area contributed by atoms with Crippen molar-refractivity contribution in [3.63, 3.8) is 0 Å². The Kier molecular flexibility index (Phi) is 5.83. The van der Waals surface area contributed by atoms with Gasteiger partial charge < -0.3 is 14.4 Å². The van der Waals surface area contributed by atoms with Crippen LogP contribution in [0.25, 0.3) is 5.70 Å². The number of carbonyl (C=O) groups is 1. The van der Waals surface area contributed by atoms with Crippen LogP contribution in [0.4, 0.5) is 0 Å². The summed E-state index contributed by atoms with van der Waals surface area (Å²) in [5.74, 6) is 2.08. The quantitative estimate of drug-likeness (QED) is 0.754. The maximum absolute atomic E-state index is 13.0. The summed E-state index contributed by atoms with van der Waals surface area (Å²) in [5, 5.41) is 0. The minimum Gasteiger partial charge on any atom is -0.493 e. The van der Waals surface area contributed by atoms with Gasteiger partial charge in [-0.25, -0.2) is 0 Å². The highest BCUT2D eigenvalue weighted by atomic mass is 16.7. The molecule has 1 unspecified atom stereocenters. The van der Waals surface area contributed by atoms with Gasteiger partial charge in [0.15, 0.2) is 11.5 Å². The minimum atomic E-state index is -0.450. The lowest BCUT2D eigenvalue weighted by molar-refractivity contribution is -0.144. The summed E-state index contributed by atoms with van der Waals surface area (Å²) in [6.45, 7) is 1.46. The molecule has 4 aliphatic rings. The molecule has 3 fully saturated rings. The van der Waals surface area contributed by atoms with E-state index in [2.05, 4.69) is 11.6 Å². The first-order valence-electron chi connectivity index (χ1n) is 12.0. The van der Waals surface area contributed by atoms with E-state index in [4.69, 9.17) is 14.3 Å². The van der Waals surface area contributed by atoms with Crippen LogP contribution in [0, 0.1) is 5.92 Å². The van der Waals surface area contributed by atoms with Crippen molar-refractivity contribution in [3.8, 4) is 11.5 Å². The number of rotatable bonds is 5. The van der Waals surface area contributed by atoms with Gasteiger partial charge in [0.2, 0.25) is 5.91 Å². The molecule has 6 heteroatoms. The number of nitrogens with one attached hydrogen (secondary N) is 1. The Bertz CT molecular complexity index is 842. The fraction of sp³-hybridized carbons (Fsp3) is 0.640. The Morgan fingerprint density at radius 2 is 1.87 bits per heavy atom. The van der Waals surface area contributed by atoms with Crippen LogP contribution < -0.4 is 15.0 Å². The average molecular weight is 427 g/mol. The number of hydrogen-bond donors (Lipinski definition) is 1. The van der Waals surface area contributed by atoms with E-state index in [0.717, 1.165) is 67.8 Å². The fourth-order valence-electron chi connectivity index (χ4n) is 5.61. The topological polar surface area (TPSA) is 60.0 Å². The molecule has 31 heavy (non-hydrogen) atoms. The Morgan fingerprint density at radius 1 is 1.10 bits per heavy atom. The zero-order valence-corrected chi connectivity index (χ0v) is 18.5. The molecule has 0 aromatic heterocycles. The van der Waals surface area contributed by atoms with Crippen LogP contribution in [0.3, 0.4) is 0 Å². The summed E-state index contributed by atoms with van der Waals surface area (Å²) in [6.07, 6.45) is 13.4. The van der Waals surface area contributed by atoms with Crippen molar-refractivity contribution in [3.05, 3.63) is 29.8 Å². The van der Waals surface area contributed by atoms with Gasteiger partial charge in [0.1, 0.15) is 5.60 Å². The first kappa shape index (κ1) is 20.7. The molecule has 2 heterocycles. The van der Waals surface area contributed by atoms with Gasteiger partial charge in [-0.1, -0.05) is 12.8 Å². The number of amides is 1. The third-order valence-electron chi connectivity index (χ3n) is 7.34. The van der Waals surface area contributed by atoms with Gasteiger partial charge in [-0.2, -0.15) is 0 Å². The number of benzene rings is 1. The maximum atomic E-state index is 13.0. The van der Waals surface area contributed by atoms with Crippen molar-refractivity contribution >= 4 is 11.6 Å². The predicted molar refractivity (Wildman–Crippen MR) is 119 cm³/mol. The SMILES string of the molecule is COc1ccc(C2=CC3(CCCN(C(=O)C4CCCC4)C3)ON2)cc1OC1CCCC1. The highest BCUT2D eigenvalue weighted by molar-refractivity contribution is 5.79. The molecule has 0 bridgehead atoms. The number of piperidine rings is 1. The zero-order chi connectivity index (χ0) is 21.3. The summed E-state index contributed by atoms with van der Waals surface area (Å²) < 4.78 is 11.8. The molecule has 2 aliphatic heterocycles. The van der Waals surface area contributed by atoms with Crippen molar-refractivity contribution in [2.45, 2.75) is 75.9 Å². The highest BCUT2D eigenvalue weighted by Crippen LogP contribution is 2.38. The van der Waals surface area contributed by atoms with Gasteiger partial charge in [0, 0.05) is 18.0 Å². The molecule has 1 atom stereocenters. The average Bonchev–Trinajstić information content (AvgIpc) is 3.56. The Labute approximate surface area is 184 Å². The highest BCUT2D eigenvalue weighted by Gasteiger charge is 2.42. The molecule has 1 spiro atoms. The normalized spacial score (nSPS) is 26.9. The Balaban J connectivity index is 1.33. The summed E-state index contributed by atoms with van der Waals surface area (Å²) >= 11 is 0. The van der Waals surface area contributed by atoms with E-state index in [1.165, 1.54) is 25.7 Å². The second kappa shape index (κ2) is 8.73. The number of ether oxygens (including phenoxy) is 2. The van der Waals surface area contributed by atoms with E-state index in [9.17, 15) is 4.79 Å². The number of carbonyl (C=O) groups excluding carboxylic acids is 1. The van der Waals surface area contributed by atoms with Crippen molar-refractivity contribution in [1.29, 1.82) is 0 Å². The molecule has 1 N–H and O–H groups in total. The standard InChI is InChI=1S/C25H34N2O4/c1-29-22-12-11-19(15-23(22)30-20-9-4-5-10-20)21-16-25(31-26-21)13-6-14-27(17-25)24(28)18-7-2-3-8-18/h11-12,15-16,18,20,26H,2-10,13-14,17H2,1H3. The third kappa shape index (κ3) is 4.27. The molecule has 1 aromatic rings. The lowest BCUT2D eigenvalue weighted by atomic mass is 9.90. The third-order valence-corrected chi connectivity index (χ3v) is 7.34. The van der Waals surface area contributed by atoms with Crippen LogP contribution in [0.5, 0.6) is 11.5 Å². The van der Waals surface area contributed by atoms with E-state index in [1.807, 2.05) is 23.1 Å². The molecule has 1 amide bonds. The molecule has 6 nitrogen and oxygen atoms in total. The van der Waals surface area contributed by atoms with Crippen LogP contribution in [-0.2, 0) is 9.63 Å². The second-order valence-electron chi connectivity index (χ2n) is 9.56. The lowest BCUT2D eigenvalue weighted by Crippen LogP contribution is -2.51. The van der Waals surface area contributed by atoms with Crippen LogP contribution in [0.2, 0.25) is 0 Å². The van der Waals surface area contributed by atoms with E-state index in [1.54, 1.807) is 7.11 Å².